The fraction of sp³-hybridized carbons (Fsp3) is 0.286. The van der Waals surface area contributed by atoms with Crippen molar-refractivity contribution < 1.29 is 14.3 Å². The van der Waals surface area contributed by atoms with Crippen LogP contribution in [0.5, 0.6) is 5.75 Å². The summed E-state index contributed by atoms with van der Waals surface area (Å²) in [7, 11) is 0. The molecule has 0 aliphatic heterocycles. The van der Waals surface area contributed by atoms with Gasteiger partial charge in [0.1, 0.15) is 5.75 Å². The van der Waals surface area contributed by atoms with E-state index in [1.54, 1.807) is 53.1 Å². The van der Waals surface area contributed by atoms with E-state index in [1.165, 1.54) is 0 Å². The molecule has 146 valence electrons. The van der Waals surface area contributed by atoms with Gasteiger partial charge in [-0.15, -0.1) is 0 Å². The Kier molecular flexibility index (Phi) is 5.63. The molecular weight excluding hydrogens is 356 g/mol. The molecule has 3 aromatic rings. The van der Waals surface area contributed by atoms with E-state index in [2.05, 4.69) is 15.6 Å². The highest BCUT2D eigenvalue weighted by atomic mass is 16.5. The number of hydrogen-bond donors (Lipinski definition) is 2. The normalized spacial score (nSPS) is 11.1. The second-order valence-corrected chi connectivity index (χ2v) is 7.01. The van der Waals surface area contributed by atoms with E-state index in [0.29, 0.717) is 11.2 Å². The van der Waals surface area contributed by atoms with Gasteiger partial charge in [0, 0.05) is 17.9 Å². The maximum atomic E-state index is 12.8. The van der Waals surface area contributed by atoms with Crippen LogP contribution in [0.2, 0.25) is 0 Å². The van der Waals surface area contributed by atoms with Gasteiger partial charge in [-0.25, -0.2) is 4.98 Å². The van der Waals surface area contributed by atoms with E-state index < -0.39 is 5.91 Å². The number of imidazole rings is 1. The third-order valence-electron chi connectivity index (χ3n) is 3.87. The Morgan fingerprint density at radius 1 is 1.00 bits per heavy atom. The zero-order valence-electron chi connectivity index (χ0n) is 16.4. The number of ether oxygens (including phenoxy) is 1. The molecule has 0 fully saturated rings. The van der Waals surface area contributed by atoms with Gasteiger partial charge in [-0.3, -0.25) is 14.0 Å². The van der Waals surface area contributed by atoms with Crippen molar-refractivity contribution in [1.82, 2.24) is 14.7 Å². The second-order valence-electron chi connectivity index (χ2n) is 7.01. The zero-order chi connectivity index (χ0) is 20.3. The van der Waals surface area contributed by atoms with Crippen LogP contribution in [0.3, 0.4) is 0 Å². The van der Waals surface area contributed by atoms with Crippen molar-refractivity contribution in [1.29, 1.82) is 0 Å². The standard InChI is InChI=1S/C21H24N4O3/c1-13(2)22-20(26)18-17-7-5-6-12-25(17)19(24-18)21(27)23-15-8-10-16(11-9-15)28-14(3)4/h5-14H,1-4H3,(H,22,26)(H,23,27). The Morgan fingerprint density at radius 2 is 1.71 bits per heavy atom. The summed E-state index contributed by atoms with van der Waals surface area (Å²) < 4.78 is 7.22. The number of amides is 2. The van der Waals surface area contributed by atoms with Gasteiger partial charge in [-0.1, -0.05) is 6.07 Å². The molecule has 7 heteroatoms. The second kappa shape index (κ2) is 8.12. The highest BCUT2D eigenvalue weighted by Crippen LogP contribution is 2.19. The van der Waals surface area contributed by atoms with Crippen LogP contribution in [-0.4, -0.2) is 33.3 Å². The number of carbonyl (C=O) groups is 2. The Balaban J connectivity index is 1.86. The largest absolute Gasteiger partial charge is 0.491 e. The van der Waals surface area contributed by atoms with E-state index in [1.807, 2.05) is 27.7 Å². The van der Waals surface area contributed by atoms with Crippen LogP contribution in [0.25, 0.3) is 5.52 Å². The molecular formula is C21H24N4O3. The number of nitrogens with one attached hydrogen (secondary N) is 2. The maximum Gasteiger partial charge on any atom is 0.292 e. The number of benzene rings is 1. The lowest BCUT2D eigenvalue weighted by Crippen LogP contribution is -2.30. The summed E-state index contributed by atoms with van der Waals surface area (Å²) >= 11 is 0. The lowest BCUT2D eigenvalue weighted by molar-refractivity contribution is 0.0940. The number of anilines is 1. The van der Waals surface area contributed by atoms with Gasteiger partial charge < -0.3 is 15.4 Å². The summed E-state index contributed by atoms with van der Waals surface area (Å²) in [5, 5.41) is 5.63. The summed E-state index contributed by atoms with van der Waals surface area (Å²) in [4.78, 5) is 29.6. The quantitative estimate of drug-likeness (QED) is 0.685. The van der Waals surface area contributed by atoms with Crippen LogP contribution in [0, 0.1) is 0 Å². The monoisotopic (exact) mass is 380 g/mol. The van der Waals surface area contributed by atoms with Gasteiger partial charge in [0.15, 0.2) is 5.69 Å². The van der Waals surface area contributed by atoms with Gasteiger partial charge in [0.25, 0.3) is 11.8 Å². The van der Waals surface area contributed by atoms with Gasteiger partial charge in [-0.05, 0) is 64.1 Å². The van der Waals surface area contributed by atoms with Crippen LogP contribution in [0.1, 0.15) is 48.8 Å². The minimum atomic E-state index is -0.401. The number of hydrogen-bond acceptors (Lipinski definition) is 4. The van der Waals surface area contributed by atoms with Crippen LogP contribution in [0.4, 0.5) is 5.69 Å². The molecule has 7 nitrogen and oxygen atoms in total. The first kappa shape index (κ1) is 19.4. The molecule has 1 aromatic carbocycles. The van der Waals surface area contributed by atoms with E-state index in [4.69, 9.17) is 4.74 Å². The SMILES string of the molecule is CC(C)NC(=O)c1nc(C(=O)Nc2ccc(OC(C)C)cc2)n2ccccc12. The first-order valence-corrected chi connectivity index (χ1v) is 9.21. The maximum absolute atomic E-state index is 12.8. The Bertz CT molecular complexity index is 991. The smallest absolute Gasteiger partial charge is 0.292 e. The summed E-state index contributed by atoms with van der Waals surface area (Å²) in [6.45, 7) is 7.64. The van der Waals surface area contributed by atoms with Crippen molar-refractivity contribution in [3.63, 3.8) is 0 Å². The Labute approximate surface area is 163 Å². The third-order valence-corrected chi connectivity index (χ3v) is 3.87. The number of pyridine rings is 1. The molecule has 0 bridgehead atoms. The molecule has 2 N–H and O–H groups in total. The molecule has 0 spiro atoms. The molecule has 3 rings (SSSR count). The molecule has 0 atom stereocenters. The van der Waals surface area contributed by atoms with E-state index in [-0.39, 0.29) is 29.6 Å². The zero-order valence-corrected chi connectivity index (χ0v) is 16.4. The summed E-state index contributed by atoms with van der Waals surface area (Å²) in [6.07, 6.45) is 1.79. The molecule has 0 saturated heterocycles. The van der Waals surface area contributed by atoms with Crippen molar-refractivity contribution in [2.75, 3.05) is 5.32 Å². The van der Waals surface area contributed by atoms with Gasteiger partial charge in [0.05, 0.1) is 11.6 Å². The topological polar surface area (TPSA) is 84.7 Å². The highest BCUT2D eigenvalue weighted by molar-refractivity contribution is 6.06. The molecule has 0 radical (unpaired) electrons. The van der Waals surface area contributed by atoms with Crippen molar-refractivity contribution in [2.24, 2.45) is 0 Å². The van der Waals surface area contributed by atoms with E-state index >= 15 is 0 Å². The van der Waals surface area contributed by atoms with Gasteiger partial charge >= 0.3 is 0 Å². The predicted molar refractivity (Wildman–Crippen MR) is 108 cm³/mol. The fourth-order valence-corrected chi connectivity index (χ4v) is 2.77. The van der Waals surface area contributed by atoms with E-state index in [9.17, 15) is 9.59 Å². The van der Waals surface area contributed by atoms with E-state index in [0.717, 1.165) is 5.75 Å². The first-order valence-electron chi connectivity index (χ1n) is 9.21. The number of carbonyl (C=O) groups excluding carboxylic acids is 2. The number of fused-ring (bicyclic) bond motifs is 1. The van der Waals surface area contributed by atoms with Crippen LogP contribution < -0.4 is 15.4 Å². The molecule has 28 heavy (non-hydrogen) atoms. The number of aromatic nitrogens is 2. The van der Waals surface area contributed by atoms with Crippen LogP contribution >= 0.6 is 0 Å². The van der Waals surface area contributed by atoms with Gasteiger partial charge in [0.2, 0.25) is 5.82 Å². The highest BCUT2D eigenvalue weighted by Gasteiger charge is 2.21. The number of nitrogens with zero attached hydrogens (tertiary/aromatic N) is 2. The average Bonchev–Trinajstić information content (AvgIpc) is 3.02. The van der Waals surface area contributed by atoms with Crippen molar-refractivity contribution in [2.45, 2.75) is 39.8 Å². The molecule has 2 amide bonds. The molecule has 0 aliphatic carbocycles. The van der Waals surface area contributed by atoms with Gasteiger partial charge in [-0.2, -0.15) is 0 Å². The summed E-state index contributed by atoms with van der Waals surface area (Å²) in [6, 6.07) is 12.4. The fourth-order valence-electron chi connectivity index (χ4n) is 2.77. The van der Waals surface area contributed by atoms with Crippen LogP contribution in [-0.2, 0) is 0 Å². The average molecular weight is 380 g/mol. The third kappa shape index (κ3) is 4.31. The van der Waals surface area contributed by atoms with Crippen molar-refractivity contribution in [3.05, 3.63) is 60.2 Å². The molecule has 2 heterocycles. The lowest BCUT2D eigenvalue weighted by atomic mass is 10.3. The molecule has 0 unspecified atom stereocenters. The molecule has 2 aromatic heterocycles. The summed E-state index contributed by atoms with van der Waals surface area (Å²) in [5.74, 6) is 0.161. The summed E-state index contributed by atoms with van der Waals surface area (Å²) in [5.41, 5.74) is 1.41. The lowest BCUT2D eigenvalue weighted by Gasteiger charge is -2.10. The Morgan fingerprint density at radius 3 is 2.36 bits per heavy atom. The first-order chi connectivity index (χ1) is 13.3. The van der Waals surface area contributed by atoms with Crippen molar-refractivity contribution in [3.8, 4) is 5.75 Å². The number of rotatable bonds is 6. The predicted octanol–water partition coefficient (Wildman–Crippen LogP) is 3.51. The van der Waals surface area contributed by atoms with Crippen molar-refractivity contribution >= 4 is 23.0 Å². The molecule has 0 aliphatic rings. The van der Waals surface area contributed by atoms with Crippen LogP contribution in [0.15, 0.2) is 48.7 Å². The Hall–Kier alpha value is -3.35. The minimum Gasteiger partial charge on any atom is -0.491 e. The molecule has 0 saturated carbocycles. The minimum absolute atomic E-state index is 0.0307.